The summed E-state index contributed by atoms with van der Waals surface area (Å²) >= 11 is 6.22. The quantitative estimate of drug-likeness (QED) is 0.773. The monoisotopic (exact) mass is 285 g/mol. The Hall–Kier alpha value is -0.930. The molecule has 0 radical (unpaired) electrons. The molecule has 1 rings (SSSR count). The fourth-order valence-corrected chi connectivity index (χ4v) is 1.93. The lowest BCUT2D eigenvalue weighted by Crippen LogP contribution is -2.12. The van der Waals surface area contributed by atoms with Crippen LogP contribution in [0.5, 0.6) is 11.5 Å². The molecule has 3 nitrogen and oxygen atoms in total. The predicted octanol–water partition coefficient (Wildman–Crippen LogP) is 4.33. The Morgan fingerprint density at radius 1 is 1.05 bits per heavy atom. The van der Waals surface area contributed by atoms with Crippen LogP contribution in [0.1, 0.15) is 51.6 Å². The maximum absolute atomic E-state index is 6.22. The van der Waals surface area contributed by atoms with Crippen molar-refractivity contribution in [2.75, 3.05) is 13.2 Å². The maximum atomic E-state index is 6.22. The summed E-state index contributed by atoms with van der Waals surface area (Å²) in [5.41, 5.74) is 7.10. The minimum atomic E-state index is -0.0619. The summed E-state index contributed by atoms with van der Waals surface area (Å²) in [7, 11) is 0. The molecular formula is C15H24ClNO2. The van der Waals surface area contributed by atoms with Gasteiger partial charge in [0.25, 0.3) is 0 Å². The van der Waals surface area contributed by atoms with Crippen molar-refractivity contribution in [3.63, 3.8) is 0 Å². The van der Waals surface area contributed by atoms with Gasteiger partial charge in [-0.25, -0.2) is 0 Å². The van der Waals surface area contributed by atoms with E-state index in [0.717, 1.165) is 30.6 Å². The maximum Gasteiger partial charge on any atom is 0.138 e. The summed E-state index contributed by atoms with van der Waals surface area (Å²) in [5, 5.41) is 0.576. The van der Waals surface area contributed by atoms with Crippen molar-refractivity contribution in [2.24, 2.45) is 5.73 Å². The SMILES string of the molecule is CCCOc1cc(C(N)CC)c(OCCC)cc1Cl. The molecule has 0 fully saturated rings. The highest BCUT2D eigenvalue weighted by Crippen LogP contribution is 2.36. The summed E-state index contributed by atoms with van der Waals surface area (Å²) in [6.45, 7) is 7.49. The second-order valence-corrected chi connectivity index (χ2v) is 4.94. The Labute approximate surface area is 121 Å². The zero-order valence-electron chi connectivity index (χ0n) is 12.0. The van der Waals surface area contributed by atoms with E-state index < -0.39 is 0 Å². The van der Waals surface area contributed by atoms with Crippen LogP contribution in [0.25, 0.3) is 0 Å². The van der Waals surface area contributed by atoms with E-state index >= 15 is 0 Å². The van der Waals surface area contributed by atoms with E-state index in [2.05, 4.69) is 20.8 Å². The van der Waals surface area contributed by atoms with Crippen LogP contribution in [0.2, 0.25) is 5.02 Å². The Kier molecular flexibility index (Phi) is 7.03. The lowest BCUT2D eigenvalue weighted by atomic mass is 10.0. The molecule has 1 aromatic carbocycles. The van der Waals surface area contributed by atoms with Gasteiger partial charge in [0.1, 0.15) is 11.5 Å². The first-order valence-electron chi connectivity index (χ1n) is 6.98. The number of ether oxygens (including phenoxy) is 2. The highest BCUT2D eigenvalue weighted by atomic mass is 35.5. The Morgan fingerprint density at radius 3 is 2.16 bits per heavy atom. The van der Waals surface area contributed by atoms with Crippen LogP contribution in [-0.4, -0.2) is 13.2 Å². The minimum Gasteiger partial charge on any atom is -0.493 e. The molecule has 0 aliphatic heterocycles. The molecule has 0 aromatic heterocycles. The van der Waals surface area contributed by atoms with E-state index in [1.807, 2.05) is 12.1 Å². The zero-order valence-corrected chi connectivity index (χ0v) is 12.8. The molecule has 0 saturated heterocycles. The topological polar surface area (TPSA) is 44.5 Å². The Morgan fingerprint density at radius 2 is 1.63 bits per heavy atom. The molecule has 1 aromatic rings. The molecule has 0 amide bonds. The number of rotatable bonds is 8. The van der Waals surface area contributed by atoms with Crippen LogP contribution in [0.15, 0.2) is 12.1 Å². The van der Waals surface area contributed by atoms with Crippen molar-refractivity contribution in [2.45, 2.75) is 46.1 Å². The molecule has 0 aliphatic rings. The van der Waals surface area contributed by atoms with Gasteiger partial charge in [-0.3, -0.25) is 0 Å². The summed E-state index contributed by atoms with van der Waals surface area (Å²) in [6.07, 6.45) is 2.74. The van der Waals surface area contributed by atoms with Gasteiger partial charge in [0, 0.05) is 17.7 Å². The van der Waals surface area contributed by atoms with Gasteiger partial charge in [0.05, 0.1) is 18.2 Å². The summed E-state index contributed by atoms with van der Waals surface area (Å²) in [4.78, 5) is 0. The third-order valence-corrected chi connectivity index (χ3v) is 3.12. The third kappa shape index (κ3) is 4.59. The van der Waals surface area contributed by atoms with Crippen molar-refractivity contribution in [1.82, 2.24) is 0 Å². The van der Waals surface area contributed by atoms with Crippen molar-refractivity contribution in [3.05, 3.63) is 22.7 Å². The van der Waals surface area contributed by atoms with E-state index in [1.54, 1.807) is 0 Å². The standard InChI is InChI=1S/C15H24ClNO2/c1-4-7-18-14-10-12(16)15(19-8-5-2)9-11(14)13(17)6-3/h9-10,13H,4-8,17H2,1-3H3. The molecule has 1 atom stereocenters. The fraction of sp³-hybridized carbons (Fsp3) is 0.600. The fourth-order valence-electron chi connectivity index (χ4n) is 1.72. The number of hydrogen-bond donors (Lipinski definition) is 1. The van der Waals surface area contributed by atoms with Gasteiger partial charge in [-0.2, -0.15) is 0 Å². The van der Waals surface area contributed by atoms with Crippen molar-refractivity contribution < 1.29 is 9.47 Å². The van der Waals surface area contributed by atoms with Crippen molar-refractivity contribution in [1.29, 1.82) is 0 Å². The lowest BCUT2D eigenvalue weighted by Gasteiger charge is -2.18. The lowest BCUT2D eigenvalue weighted by molar-refractivity contribution is 0.304. The van der Waals surface area contributed by atoms with Crippen molar-refractivity contribution in [3.8, 4) is 11.5 Å². The van der Waals surface area contributed by atoms with Gasteiger partial charge < -0.3 is 15.2 Å². The van der Waals surface area contributed by atoms with E-state index in [1.165, 1.54) is 0 Å². The molecule has 1 unspecified atom stereocenters. The minimum absolute atomic E-state index is 0.0619. The number of benzene rings is 1. The molecule has 0 saturated carbocycles. The summed E-state index contributed by atoms with van der Waals surface area (Å²) < 4.78 is 11.4. The van der Waals surface area contributed by atoms with E-state index in [9.17, 15) is 0 Å². The number of halogens is 1. The van der Waals surface area contributed by atoms with Crippen LogP contribution in [0, 0.1) is 0 Å². The normalized spacial score (nSPS) is 12.3. The van der Waals surface area contributed by atoms with Crippen LogP contribution in [-0.2, 0) is 0 Å². The van der Waals surface area contributed by atoms with Crippen molar-refractivity contribution >= 4 is 11.6 Å². The van der Waals surface area contributed by atoms with Crippen LogP contribution in [0.4, 0.5) is 0 Å². The van der Waals surface area contributed by atoms with E-state index in [4.69, 9.17) is 26.8 Å². The molecule has 4 heteroatoms. The zero-order chi connectivity index (χ0) is 14.3. The highest BCUT2D eigenvalue weighted by molar-refractivity contribution is 6.32. The van der Waals surface area contributed by atoms with Gasteiger partial charge in [0.2, 0.25) is 0 Å². The van der Waals surface area contributed by atoms with Gasteiger partial charge >= 0.3 is 0 Å². The van der Waals surface area contributed by atoms with Gasteiger partial charge in [-0.15, -0.1) is 0 Å². The molecule has 0 bridgehead atoms. The average molecular weight is 286 g/mol. The average Bonchev–Trinajstić information content (AvgIpc) is 2.43. The number of hydrogen-bond acceptors (Lipinski definition) is 3. The summed E-state index contributed by atoms with van der Waals surface area (Å²) in [6, 6.07) is 3.66. The smallest absolute Gasteiger partial charge is 0.138 e. The molecule has 0 heterocycles. The molecule has 19 heavy (non-hydrogen) atoms. The van der Waals surface area contributed by atoms with Crippen LogP contribution in [0.3, 0.4) is 0 Å². The van der Waals surface area contributed by atoms with E-state index in [0.29, 0.717) is 24.0 Å². The Bertz CT molecular complexity index is 396. The molecule has 108 valence electrons. The van der Waals surface area contributed by atoms with E-state index in [-0.39, 0.29) is 6.04 Å². The summed E-state index contributed by atoms with van der Waals surface area (Å²) in [5.74, 6) is 1.45. The first kappa shape index (κ1) is 16.1. The third-order valence-electron chi connectivity index (χ3n) is 2.83. The molecular weight excluding hydrogens is 262 g/mol. The predicted molar refractivity (Wildman–Crippen MR) is 80.2 cm³/mol. The van der Waals surface area contributed by atoms with Gasteiger partial charge in [-0.05, 0) is 25.3 Å². The van der Waals surface area contributed by atoms with Crippen LogP contribution < -0.4 is 15.2 Å². The second-order valence-electron chi connectivity index (χ2n) is 4.53. The highest BCUT2D eigenvalue weighted by Gasteiger charge is 2.15. The second kappa shape index (κ2) is 8.28. The number of nitrogens with two attached hydrogens (primary N) is 1. The molecule has 0 aliphatic carbocycles. The molecule has 2 N–H and O–H groups in total. The van der Waals surface area contributed by atoms with Crippen LogP contribution >= 0.6 is 11.6 Å². The first-order chi connectivity index (χ1) is 9.13. The largest absolute Gasteiger partial charge is 0.493 e. The first-order valence-corrected chi connectivity index (χ1v) is 7.36. The Balaban J connectivity index is 3.05. The molecule has 0 spiro atoms. The van der Waals surface area contributed by atoms with Gasteiger partial charge in [-0.1, -0.05) is 32.4 Å². The van der Waals surface area contributed by atoms with Gasteiger partial charge in [0.15, 0.2) is 0 Å².